The maximum absolute atomic E-state index is 12.3. The van der Waals surface area contributed by atoms with E-state index in [-0.39, 0.29) is 11.5 Å². The molecule has 0 atom stereocenters. The smallest absolute Gasteiger partial charge is 0.274 e. The van der Waals surface area contributed by atoms with Crippen LogP contribution in [0.3, 0.4) is 0 Å². The lowest BCUT2D eigenvalue weighted by Crippen LogP contribution is -2.53. The second-order valence-electron chi connectivity index (χ2n) is 5.47. The predicted octanol–water partition coefficient (Wildman–Crippen LogP) is -0.293. The number of carbonyl (C=O) groups excluding carboxylic acids is 1. The normalized spacial score (nSPS) is 21.4. The second-order valence-corrected chi connectivity index (χ2v) is 5.47. The summed E-state index contributed by atoms with van der Waals surface area (Å²) < 4.78 is 5.39. The van der Waals surface area contributed by atoms with Gasteiger partial charge in [0.25, 0.3) is 11.5 Å². The van der Waals surface area contributed by atoms with E-state index < -0.39 is 0 Å². The zero-order chi connectivity index (χ0) is 14.7. The molecule has 114 valence electrons. The second kappa shape index (κ2) is 6.36. The Morgan fingerprint density at radius 1 is 1.24 bits per heavy atom. The van der Waals surface area contributed by atoms with Gasteiger partial charge in [0.05, 0.1) is 6.20 Å². The summed E-state index contributed by atoms with van der Waals surface area (Å²) in [7, 11) is 0. The minimum Gasteiger partial charge on any atom is -0.381 e. The topological polar surface area (TPSA) is 78.5 Å². The minimum absolute atomic E-state index is 0.113. The van der Waals surface area contributed by atoms with Gasteiger partial charge in [0.15, 0.2) is 0 Å². The number of aromatic nitrogens is 2. The molecule has 1 aromatic rings. The van der Waals surface area contributed by atoms with Gasteiger partial charge in [-0.25, -0.2) is 4.98 Å². The number of carbonyl (C=O) groups is 1. The molecule has 2 aliphatic heterocycles. The molecule has 3 rings (SSSR count). The standard InChI is InChI=1S/C14H20N4O3/c19-13-10-15-12(9-16-13)14(20)18-5-3-17(4-6-18)11-1-7-21-8-2-11/h9-11H,1-8H2,(H,16,19). The van der Waals surface area contributed by atoms with Crippen molar-refractivity contribution in [2.75, 3.05) is 39.4 Å². The maximum Gasteiger partial charge on any atom is 0.274 e. The van der Waals surface area contributed by atoms with E-state index in [9.17, 15) is 9.59 Å². The van der Waals surface area contributed by atoms with Gasteiger partial charge in [0, 0.05) is 51.6 Å². The highest BCUT2D eigenvalue weighted by Gasteiger charge is 2.28. The van der Waals surface area contributed by atoms with Crippen molar-refractivity contribution < 1.29 is 9.53 Å². The minimum atomic E-state index is -0.295. The number of piperazine rings is 1. The third-order valence-corrected chi connectivity index (χ3v) is 4.20. The molecule has 3 heterocycles. The molecule has 2 fully saturated rings. The molecule has 2 aliphatic rings. The molecular weight excluding hydrogens is 272 g/mol. The highest BCUT2D eigenvalue weighted by atomic mass is 16.5. The Hall–Kier alpha value is -1.73. The lowest BCUT2D eigenvalue weighted by Gasteiger charge is -2.40. The van der Waals surface area contributed by atoms with E-state index in [2.05, 4.69) is 14.9 Å². The Morgan fingerprint density at radius 2 is 1.95 bits per heavy atom. The van der Waals surface area contributed by atoms with E-state index in [1.807, 2.05) is 0 Å². The first-order chi connectivity index (χ1) is 10.2. The van der Waals surface area contributed by atoms with E-state index >= 15 is 0 Å². The molecule has 0 aliphatic carbocycles. The summed E-state index contributed by atoms with van der Waals surface area (Å²) in [6.07, 6.45) is 4.69. The Kier molecular flexibility index (Phi) is 4.31. The molecule has 1 amide bonds. The zero-order valence-corrected chi connectivity index (χ0v) is 12.0. The number of ether oxygens (including phenoxy) is 1. The molecule has 0 radical (unpaired) electrons. The van der Waals surface area contributed by atoms with Crippen molar-refractivity contribution in [1.82, 2.24) is 19.8 Å². The predicted molar refractivity (Wildman–Crippen MR) is 76.2 cm³/mol. The van der Waals surface area contributed by atoms with Crippen LogP contribution in [0.2, 0.25) is 0 Å². The highest BCUT2D eigenvalue weighted by Crippen LogP contribution is 2.17. The van der Waals surface area contributed by atoms with Crippen LogP contribution in [0.15, 0.2) is 17.2 Å². The van der Waals surface area contributed by atoms with Crippen LogP contribution in [0.4, 0.5) is 0 Å². The van der Waals surface area contributed by atoms with Crippen molar-refractivity contribution in [3.05, 3.63) is 28.4 Å². The Labute approximate surface area is 122 Å². The first-order valence-corrected chi connectivity index (χ1v) is 7.40. The summed E-state index contributed by atoms with van der Waals surface area (Å²) in [6.45, 7) is 4.86. The lowest BCUT2D eigenvalue weighted by atomic mass is 10.1. The molecule has 21 heavy (non-hydrogen) atoms. The molecule has 0 saturated carbocycles. The van der Waals surface area contributed by atoms with E-state index in [4.69, 9.17) is 4.74 Å². The summed E-state index contributed by atoms with van der Waals surface area (Å²) in [5, 5.41) is 0. The van der Waals surface area contributed by atoms with Crippen LogP contribution >= 0.6 is 0 Å². The van der Waals surface area contributed by atoms with Gasteiger partial charge in [-0.3, -0.25) is 14.5 Å². The number of rotatable bonds is 2. The van der Waals surface area contributed by atoms with Crippen LogP contribution in [0.5, 0.6) is 0 Å². The molecule has 0 aromatic carbocycles. The Bertz CT molecular complexity index is 525. The summed E-state index contributed by atoms with van der Waals surface area (Å²) in [5.74, 6) is -0.113. The third kappa shape index (κ3) is 3.30. The summed E-state index contributed by atoms with van der Waals surface area (Å²) >= 11 is 0. The quantitative estimate of drug-likeness (QED) is 0.810. The van der Waals surface area contributed by atoms with E-state index in [1.54, 1.807) is 4.90 Å². The summed E-state index contributed by atoms with van der Waals surface area (Å²) in [4.78, 5) is 33.9. The van der Waals surface area contributed by atoms with Gasteiger partial charge in [0.1, 0.15) is 5.69 Å². The number of hydrogen-bond donors (Lipinski definition) is 1. The van der Waals surface area contributed by atoms with Crippen molar-refractivity contribution in [3.8, 4) is 0 Å². The summed E-state index contributed by atoms with van der Waals surface area (Å²) in [5.41, 5.74) is 0.00463. The zero-order valence-electron chi connectivity index (χ0n) is 12.0. The number of hydrogen-bond acceptors (Lipinski definition) is 5. The van der Waals surface area contributed by atoms with Gasteiger partial charge >= 0.3 is 0 Å². The van der Waals surface area contributed by atoms with Gasteiger partial charge < -0.3 is 14.6 Å². The van der Waals surface area contributed by atoms with E-state index in [0.717, 1.165) is 45.3 Å². The number of nitrogens with zero attached hydrogens (tertiary/aromatic N) is 3. The van der Waals surface area contributed by atoms with Crippen LogP contribution < -0.4 is 5.56 Å². The fourth-order valence-electron chi connectivity index (χ4n) is 2.96. The molecule has 0 unspecified atom stereocenters. The molecular formula is C14H20N4O3. The van der Waals surface area contributed by atoms with Crippen LogP contribution in [-0.2, 0) is 4.74 Å². The van der Waals surface area contributed by atoms with Crippen molar-refractivity contribution in [1.29, 1.82) is 0 Å². The van der Waals surface area contributed by atoms with Crippen LogP contribution in [0, 0.1) is 0 Å². The number of nitrogens with one attached hydrogen (secondary N) is 1. The van der Waals surface area contributed by atoms with Gasteiger partial charge in [-0.15, -0.1) is 0 Å². The average molecular weight is 292 g/mol. The van der Waals surface area contributed by atoms with Crippen LogP contribution in [0.1, 0.15) is 23.3 Å². The molecule has 1 aromatic heterocycles. The summed E-state index contributed by atoms with van der Waals surface area (Å²) in [6, 6.07) is 0.585. The Morgan fingerprint density at radius 3 is 2.57 bits per heavy atom. The molecule has 0 spiro atoms. The fourth-order valence-corrected chi connectivity index (χ4v) is 2.96. The molecule has 2 saturated heterocycles. The number of aromatic amines is 1. The van der Waals surface area contributed by atoms with Gasteiger partial charge in [-0.05, 0) is 12.8 Å². The average Bonchev–Trinajstić information content (AvgIpc) is 2.56. The van der Waals surface area contributed by atoms with E-state index in [0.29, 0.717) is 24.8 Å². The Balaban J connectivity index is 1.56. The van der Waals surface area contributed by atoms with Crippen LogP contribution in [0.25, 0.3) is 0 Å². The fraction of sp³-hybridized carbons (Fsp3) is 0.643. The maximum atomic E-state index is 12.3. The van der Waals surface area contributed by atoms with Gasteiger partial charge in [-0.2, -0.15) is 0 Å². The molecule has 7 heteroatoms. The van der Waals surface area contributed by atoms with Gasteiger partial charge in [0.2, 0.25) is 0 Å². The van der Waals surface area contributed by atoms with Crippen LogP contribution in [-0.4, -0.2) is 71.1 Å². The number of H-pyrrole nitrogens is 1. The number of amides is 1. The monoisotopic (exact) mass is 292 g/mol. The van der Waals surface area contributed by atoms with Crippen molar-refractivity contribution in [2.45, 2.75) is 18.9 Å². The van der Waals surface area contributed by atoms with E-state index in [1.165, 1.54) is 6.20 Å². The molecule has 7 nitrogen and oxygen atoms in total. The molecule has 1 N–H and O–H groups in total. The third-order valence-electron chi connectivity index (χ3n) is 4.20. The first-order valence-electron chi connectivity index (χ1n) is 7.40. The SMILES string of the molecule is O=C(c1c[nH]c(=O)cn1)N1CCN(C2CCOCC2)CC1. The van der Waals surface area contributed by atoms with Gasteiger partial charge in [-0.1, -0.05) is 0 Å². The first kappa shape index (κ1) is 14.2. The van der Waals surface area contributed by atoms with Crippen molar-refractivity contribution >= 4 is 5.91 Å². The molecule has 0 bridgehead atoms. The lowest BCUT2D eigenvalue weighted by molar-refractivity contribution is 0.0136. The largest absolute Gasteiger partial charge is 0.381 e. The van der Waals surface area contributed by atoms with Crippen molar-refractivity contribution in [2.24, 2.45) is 0 Å². The highest BCUT2D eigenvalue weighted by molar-refractivity contribution is 5.92. The van der Waals surface area contributed by atoms with Crippen molar-refractivity contribution in [3.63, 3.8) is 0 Å².